The van der Waals surface area contributed by atoms with E-state index in [0.717, 1.165) is 15.9 Å². The molecule has 0 bridgehead atoms. The van der Waals surface area contributed by atoms with Crippen LogP contribution >= 0.6 is 15.9 Å². The third-order valence-electron chi connectivity index (χ3n) is 2.97. The number of nitrogens with one attached hydrogen (secondary N) is 1. The predicted octanol–water partition coefficient (Wildman–Crippen LogP) is 2.14. The lowest BCUT2D eigenvalue weighted by Gasteiger charge is -2.25. The molecule has 1 unspecified atom stereocenters. The molecular weight excluding hydrogens is 304 g/mol. The van der Waals surface area contributed by atoms with Crippen molar-refractivity contribution < 1.29 is 8.42 Å². The Labute approximate surface area is 110 Å². The van der Waals surface area contributed by atoms with E-state index in [1.54, 1.807) is 6.20 Å². The van der Waals surface area contributed by atoms with Crippen molar-refractivity contribution in [1.29, 1.82) is 0 Å². The molecular formula is C11H15BrN2O2S. The average Bonchev–Trinajstić information content (AvgIpc) is 2.46. The molecule has 1 aliphatic rings. The fourth-order valence-electron chi connectivity index (χ4n) is 2.07. The van der Waals surface area contributed by atoms with Gasteiger partial charge in [0.15, 0.2) is 9.84 Å². The van der Waals surface area contributed by atoms with Gasteiger partial charge in [0, 0.05) is 10.7 Å². The lowest BCUT2D eigenvalue weighted by atomic mass is 10.0. The van der Waals surface area contributed by atoms with E-state index in [1.165, 1.54) is 0 Å². The Hall–Kier alpha value is -0.620. The molecule has 1 aromatic heterocycles. The van der Waals surface area contributed by atoms with E-state index >= 15 is 0 Å². The maximum atomic E-state index is 11.5. The molecule has 94 valence electrons. The molecule has 1 saturated heterocycles. The first-order valence-electron chi connectivity index (χ1n) is 5.40. The fraction of sp³-hybridized carbons (Fsp3) is 0.545. The molecule has 1 atom stereocenters. The number of aromatic nitrogens is 1. The molecule has 0 aromatic carbocycles. The SMILES string of the molecule is Cc1cc(Br)cnc1NC1(C)CCS(=O)(=O)C1. The van der Waals surface area contributed by atoms with Crippen LogP contribution in [0.4, 0.5) is 5.82 Å². The van der Waals surface area contributed by atoms with Crippen LogP contribution in [-0.2, 0) is 9.84 Å². The lowest BCUT2D eigenvalue weighted by Crippen LogP contribution is -2.36. The van der Waals surface area contributed by atoms with Crippen LogP contribution < -0.4 is 5.32 Å². The monoisotopic (exact) mass is 318 g/mol. The van der Waals surface area contributed by atoms with Crippen LogP contribution in [0, 0.1) is 6.92 Å². The summed E-state index contributed by atoms with van der Waals surface area (Å²) in [6.45, 7) is 3.88. The predicted molar refractivity (Wildman–Crippen MR) is 72.0 cm³/mol. The summed E-state index contributed by atoms with van der Waals surface area (Å²) in [5.74, 6) is 1.19. The fourth-order valence-corrected chi connectivity index (χ4v) is 4.61. The molecule has 6 heteroatoms. The Bertz CT molecular complexity index is 544. The van der Waals surface area contributed by atoms with Gasteiger partial charge in [-0.05, 0) is 47.8 Å². The van der Waals surface area contributed by atoms with Gasteiger partial charge in [-0.3, -0.25) is 0 Å². The van der Waals surface area contributed by atoms with Gasteiger partial charge in [0.05, 0.1) is 17.0 Å². The zero-order valence-corrected chi connectivity index (χ0v) is 12.2. The molecule has 0 aliphatic carbocycles. The number of rotatable bonds is 2. The van der Waals surface area contributed by atoms with E-state index in [1.807, 2.05) is 19.9 Å². The van der Waals surface area contributed by atoms with Crippen LogP contribution in [0.2, 0.25) is 0 Å². The van der Waals surface area contributed by atoms with Gasteiger partial charge in [-0.2, -0.15) is 0 Å². The van der Waals surface area contributed by atoms with Crippen LogP contribution in [0.25, 0.3) is 0 Å². The van der Waals surface area contributed by atoms with Crippen molar-refractivity contribution in [3.63, 3.8) is 0 Å². The van der Waals surface area contributed by atoms with Gasteiger partial charge in [-0.1, -0.05) is 0 Å². The smallest absolute Gasteiger partial charge is 0.152 e. The molecule has 0 saturated carbocycles. The Morgan fingerprint density at radius 1 is 1.53 bits per heavy atom. The highest BCUT2D eigenvalue weighted by Gasteiger charge is 2.38. The largest absolute Gasteiger partial charge is 0.364 e. The number of pyridine rings is 1. The highest BCUT2D eigenvalue weighted by Crippen LogP contribution is 2.28. The summed E-state index contributed by atoms with van der Waals surface area (Å²) >= 11 is 3.35. The standard InChI is InChI=1S/C11H15BrN2O2S/c1-8-5-9(12)6-13-10(8)14-11(2)3-4-17(15,16)7-11/h5-6H,3-4,7H2,1-2H3,(H,13,14). The van der Waals surface area contributed by atoms with E-state index < -0.39 is 15.4 Å². The summed E-state index contributed by atoms with van der Waals surface area (Å²) in [5.41, 5.74) is 0.606. The number of nitrogens with zero attached hydrogens (tertiary/aromatic N) is 1. The number of sulfone groups is 1. The number of halogens is 1. The first-order valence-corrected chi connectivity index (χ1v) is 8.02. The first-order chi connectivity index (χ1) is 7.80. The molecule has 4 nitrogen and oxygen atoms in total. The third-order valence-corrected chi connectivity index (χ3v) is 5.31. The van der Waals surface area contributed by atoms with Gasteiger partial charge in [-0.15, -0.1) is 0 Å². The molecule has 0 spiro atoms. The van der Waals surface area contributed by atoms with Crippen LogP contribution in [0.3, 0.4) is 0 Å². The van der Waals surface area contributed by atoms with Crippen molar-refractivity contribution in [2.45, 2.75) is 25.8 Å². The normalized spacial score (nSPS) is 27.0. The number of anilines is 1. The minimum atomic E-state index is -2.89. The molecule has 1 aromatic rings. The second-order valence-electron chi connectivity index (χ2n) is 4.85. The molecule has 17 heavy (non-hydrogen) atoms. The summed E-state index contributed by atoms with van der Waals surface area (Å²) in [5, 5.41) is 3.26. The molecule has 1 aliphatic heterocycles. The maximum absolute atomic E-state index is 11.5. The molecule has 2 heterocycles. The van der Waals surface area contributed by atoms with Crippen LogP contribution in [0.15, 0.2) is 16.7 Å². The summed E-state index contributed by atoms with van der Waals surface area (Å²) in [6, 6.07) is 1.96. The average molecular weight is 319 g/mol. The topological polar surface area (TPSA) is 59.1 Å². The van der Waals surface area contributed by atoms with Crippen LogP contribution in [-0.4, -0.2) is 30.4 Å². The van der Waals surface area contributed by atoms with Crippen molar-refractivity contribution in [1.82, 2.24) is 4.98 Å². The van der Waals surface area contributed by atoms with Crippen LogP contribution in [0.1, 0.15) is 18.9 Å². The van der Waals surface area contributed by atoms with Crippen molar-refractivity contribution in [3.05, 3.63) is 22.3 Å². The Morgan fingerprint density at radius 3 is 2.76 bits per heavy atom. The van der Waals surface area contributed by atoms with Gasteiger partial charge >= 0.3 is 0 Å². The van der Waals surface area contributed by atoms with Gasteiger partial charge in [0.2, 0.25) is 0 Å². The van der Waals surface area contributed by atoms with Crippen molar-refractivity contribution in [2.24, 2.45) is 0 Å². The second-order valence-corrected chi connectivity index (χ2v) is 7.95. The lowest BCUT2D eigenvalue weighted by molar-refractivity contribution is 0.571. The third kappa shape index (κ3) is 2.98. The zero-order valence-electron chi connectivity index (χ0n) is 9.83. The molecule has 0 amide bonds. The number of hydrogen-bond donors (Lipinski definition) is 1. The number of hydrogen-bond acceptors (Lipinski definition) is 4. The summed E-state index contributed by atoms with van der Waals surface area (Å²) in [6.07, 6.45) is 2.34. The van der Waals surface area contributed by atoms with Gasteiger partial charge in [-0.25, -0.2) is 13.4 Å². The van der Waals surface area contributed by atoms with E-state index in [-0.39, 0.29) is 11.5 Å². The Balaban J connectivity index is 2.22. The molecule has 1 N–H and O–H groups in total. The number of aryl methyl sites for hydroxylation is 1. The van der Waals surface area contributed by atoms with E-state index in [4.69, 9.17) is 0 Å². The minimum absolute atomic E-state index is 0.178. The molecule has 1 fully saturated rings. The van der Waals surface area contributed by atoms with E-state index in [0.29, 0.717) is 6.42 Å². The Kier molecular flexibility index (Phi) is 3.20. The summed E-state index contributed by atoms with van der Waals surface area (Å²) in [7, 11) is -2.89. The van der Waals surface area contributed by atoms with Gasteiger partial charge < -0.3 is 5.32 Å². The summed E-state index contributed by atoms with van der Waals surface area (Å²) < 4.78 is 23.9. The van der Waals surface area contributed by atoms with E-state index in [9.17, 15) is 8.42 Å². The van der Waals surface area contributed by atoms with Crippen molar-refractivity contribution in [3.8, 4) is 0 Å². The van der Waals surface area contributed by atoms with Crippen LogP contribution in [0.5, 0.6) is 0 Å². The first kappa shape index (κ1) is 12.8. The maximum Gasteiger partial charge on any atom is 0.152 e. The zero-order chi connectivity index (χ0) is 12.7. The van der Waals surface area contributed by atoms with Gasteiger partial charge in [0.1, 0.15) is 5.82 Å². The highest BCUT2D eigenvalue weighted by molar-refractivity contribution is 9.10. The van der Waals surface area contributed by atoms with Gasteiger partial charge in [0.25, 0.3) is 0 Å². The van der Waals surface area contributed by atoms with Crippen molar-refractivity contribution >= 4 is 31.6 Å². The second kappa shape index (κ2) is 4.24. The summed E-state index contributed by atoms with van der Waals surface area (Å²) in [4.78, 5) is 4.28. The minimum Gasteiger partial charge on any atom is -0.364 e. The Morgan fingerprint density at radius 2 is 2.24 bits per heavy atom. The quantitative estimate of drug-likeness (QED) is 0.907. The molecule has 2 rings (SSSR count). The van der Waals surface area contributed by atoms with E-state index in [2.05, 4.69) is 26.2 Å². The highest BCUT2D eigenvalue weighted by atomic mass is 79.9. The molecule has 0 radical (unpaired) electrons. The van der Waals surface area contributed by atoms with Crippen molar-refractivity contribution in [2.75, 3.05) is 16.8 Å².